The highest BCUT2D eigenvalue weighted by Crippen LogP contribution is 2.41. The van der Waals surface area contributed by atoms with Gasteiger partial charge in [-0.25, -0.2) is 4.79 Å². The summed E-state index contributed by atoms with van der Waals surface area (Å²) in [6, 6.07) is 21.2. The van der Waals surface area contributed by atoms with Gasteiger partial charge < -0.3 is 9.16 Å². The van der Waals surface area contributed by atoms with E-state index < -0.39 is 8.32 Å². The van der Waals surface area contributed by atoms with E-state index in [1.165, 1.54) is 17.5 Å². The largest absolute Gasteiger partial charge is 0.466 e. The predicted octanol–water partition coefficient (Wildman–Crippen LogP) is 4.17. The minimum absolute atomic E-state index is 0.0240. The minimum atomic E-state index is -2.65. The summed E-state index contributed by atoms with van der Waals surface area (Å²) in [5, 5.41) is 2.39. The molecule has 0 radical (unpaired) electrons. The van der Waals surface area contributed by atoms with E-state index in [-0.39, 0.29) is 22.4 Å². The standard InChI is InChI=1S/C24H30O3SSi/c1-24(2,3)29(18-12-8-6-9-13-18,19-14-10-7-11-15-19)27-21-17-16-20(22(21)28-5)23(25)26-4/h6-16,21-22H,17H2,1-5H3/t21-,22-/m0/s1. The van der Waals surface area contributed by atoms with Crippen LogP contribution in [0.2, 0.25) is 5.04 Å². The number of esters is 1. The summed E-state index contributed by atoms with van der Waals surface area (Å²) in [7, 11) is -1.20. The van der Waals surface area contributed by atoms with E-state index in [0.29, 0.717) is 0 Å². The molecular weight excluding hydrogens is 396 g/mol. The van der Waals surface area contributed by atoms with Gasteiger partial charge in [0.05, 0.1) is 18.5 Å². The number of rotatable bonds is 6. The van der Waals surface area contributed by atoms with Crippen LogP contribution in [0.5, 0.6) is 0 Å². The zero-order chi connectivity index (χ0) is 21.1. The van der Waals surface area contributed by atoms with E-state index in [0.717, 1.165) is 12.0 Å². The first kappa shape index (κ1) is 21.9. The van der Waals surface area contributed by atoms with Gasteiger partial charge in [0.2, 0.25) is 0 Å². The first-order chi connectivity index (χ1) is 13.8. The second kappa shape index (κ2) is 8.90. The van der Waals surface area contributed by atoms with Crippen LogP contribution in [0.15, 0.2) is 72.3 Å². The Morgan fingerprint density at radius 1 is 1.00 bits per heavy atom. The average molecular weight is 427 g/mol. The molecule has 1 aliphatic carbocycles. The Balaban J connectivity index is 2.11. The molecule has 0 saturated heterocycles. The Bertz CT molecular complexity index is 819. The summed E-state index contributed by atoms with van der Waals surface area (Å²) in [5.74, 6) is -0.252. The molecule has 0 amide bonds. The maximum Gasteiger partial charge on any atom is 0.334 e. The van der Waals surface area contributed by atoms with E-state index in [1.807, 2.05) is 24.5 Å². The number of ether oxygens (including phenoxy) is 1. The van der Waals surface area contributed by atoms with Crippen LogP contribution in [-0.2, 0) is 14.0 Å². The van der Waals surface area contributed by atoms with E-state index in [2.05, 4.69) is 69.3 Å². The fourth-order valence-electron chi connectivity index (χ4n) is 4.31. The highest BCUT2D eigenvalue weighted by Gasteiger charge is 2.53. The van der Waals surface area contributed by atoms with Crippen molar-refractivity contribution < 1.29 is 14.0 Å². The zero-order valence-electron chi connectivity index (χ0n) is 17.8. The summed E-state index contributed by atoms with van der Waals surface area (Å²) < 4.78 is 12.2. The zero-order valence-corrected chi connectivity index (χ0v) is 19.7. The summed E-state index contributed by atoms with van der Waals surface area (Å²) in [4.78, 5) is 12.3. The first-order valence-electron chi connectivity index (χ1n) is 9.95. The topological polar surface area (TPSA) is 35.5 Å². The minimum Gasteiger partial charge on any atom is -0.466 e. The van der Waals surface area contributed by atoms with Crippen molar-refractivity contribution in [3.63, 3.8) is 0 Å². The molecule has 5 heteroatoms. The molecular formula is C24H30O3SSi. The SMILES string of the molecule is COC(=O)C1=CC[C@H](O[Si](c2ccccc2)(c2ccccc2)C(C)(C)C)[C@H]1SC. The van der Waals surface area contributed by atoms with Gasteiger partial charge in [0.15, 0.2) is 0 Å². The van der Waals surface area contributed by atoms with Crippen molar-refractivity contribution >= 4 is 36.4 Å². The molecule has 0 bridgehead atoms. The molecule has 154 valence electrons. The molecule has 0 fully saturated rings. The van der Waals surface area contributed by atoms with Gasteiger partial charge in [-0.15, -0.1) is 0 Å². The van der Waals surface area contributed by atoms with Crippen LogP contribution in [0.3, 0.4) is 0 Å². The number of hydrogen-bond acceptors (Lipinski definition) is 4. The summed E-state index contributed by atoms with van der Waals surface area (Å²) >= 11 is 1.66. The van der Waals surface area contributed by atoms with Gasteiger partial charge in [-0.2, -0.15) is 11.8 Å². The van der Waals surface area contributed by atoms with Gasteiger partial charge in [-0.3, -0.25) is 0 Å². The van der Waals surface area contributed by atoms with Gasteiger partial charge in [0.1, 0.15) is 0 Å². The number of carbonyl (C=O) groups is 1. The summed E-state index contributed by atoms with van der Waals surface area (Å²) in [6.07, 6.45) is 4.69. The van der Waals surface area contributed by atoms with Crippen molar-refractivity contribution in [3.8, 4) is 0 Å². The van der Waals surface area contributed by atoms with Crippen LogP contribution in [0, 0.1) is 0 Å². The molecule has 2 atom stereocenters. The van der Waals surface area contributed by atoms with E-state index in [1.54, 1.807) is 11.8 Å². The smallest absolute Gasteiger partial charge is 0.334 e. The monoisotopic (exact) mass is 426 g/mol. The molecule has 2 aromatic rings. The summed E-state index contributed by atoms with van der Waals surface area (Å²) in [5.41, 5.74) is 0.725. The van der Waals surface area contributed by atoms with E-state index in [4.69, 9.17) is 9.16 Å². The molecule has 29 heavy (non-hydrogen) atoms. The quantitative estimate of drug-likeness (QED) is 0.513. The number of methoxy groups -OCH3 is 1. The third-order valence-corrected chi connectivity index (χ3v) is 11.8. The second-order valence-electron chi connectivity index (χ2n) is 8.36. The molecule has 0 heterocycles. The van der Waals surface area contributed by atoms with E-state index >= 15 is 0 Å². The van der Waals surface area contributed by atoms with Crippen molar-refractivity contribution in [1.82, 2.24) is 0 Å². The van der Waals surface area contributed by atoms with Gasteiger partial charge >= 0.3 is 5.97 Å². The predicted molar refractivity (Wildman–Crippen MR) is 125 cm³/mol. The lowest BCUT2D eigenvalue weighted by Crippen LogP contribution is -2.68. The van der Waals surface area contributed by atoms with Crippen molar-refractivity contribution in [2.75, 3.05) is 13.4 Å². The van der Waals surface area contributed by atoms with E-state index in [9.17, 15) is 4.79 Å². The normalized spacial score (nSPS) is 19.7. The molecule has 0 saturated carbocycles. The van der Waals surface area contributed by atoms with Crippen molar-refractivity contribution in [2.24, 2.45) is 0 Å². The number of benzene rings is 2. The molecule has 0 aromatic heterocycles. The maximum atomic E-state index is 12.3. The molecule has 3 nitrogen and oxygen atoms in total. The third kappa shape index (κ3) is 4.09. The Labute approximate surface area is 179 Å². The fraction of sp³-hybridized carbons (Fsp3) is 0.375. The molecule has 0 spiro atoms. The highest BCUT2D eigenvalue weighted by molar-refractivity contribution is 7.99. The van der Waals surface area contributed by atoms with Crippen LogP contribution < -0.4 is 10.4 Å². The maximum absolute atomic E-state index is 12.3. The average Bonchev–Trinajstić information content (AvgIpc) is 3.14. The Morgan fingerprint density at radius 3 is 1.93 bits per heavy atom. The lowest BCUT2D eigenvalue weighted by Gasteiger charge is -2.45. The van der Waals surface area contributed by atoms with Gasteiger partial charge in [-0.05, 0) is 28.1 Å². The van der Waals surface area contributed by atoms with Crippen molar-refractivity contribution in [1.29, 1.82) is 0 Å². The Kier molecular flexibility index (Phi) is 6.71. The van der Waals surface area contributed by atoms with Crippen molar-refractivity contribution in [3.05, 3.63) is 72.3 Å². The molecule has 0 unspecified atom stereocenters. The van der Waals surface area contributed by atoms with Gasteiger partial charge in [0, 0.05) is 5.57 Å². The number of thioether (sulfide) groups is 1. The molecule has 0 N–H and O–H groups in total. The molecule has 1 aliphatic rings. The van der Waals surface area contributed by atoms with Gasteiger partial charge in [0.25, 0.3) is 8.32 Å². The van der Waals surface area contributed by atoms with Crippen LogP contribution in [-0.4, -0.2) is 39.0 Å². The third-order valence-electron chi connectivity index (χ3n) is 5.63. The van der Waals surface area contributed by atoms with Crippen LogP contribution in [0.25, 0.3) is 0 Å². The molecule has 0 aliphatic heterocycles. The highest BCUT2D eigenvalue weighted by atomic mass is 32.2. The number of carbonyl (C=O) groups excluding carboxylic acids is 1. The second-order valence-corrected chi connectivity index (χ2v) is 13.6. The Morgan fingerprint density at radius 2 is 1.52 bits per heavy atom. The van der Waals surface area contributed by atoms with Gasteiger partial charge in [-0.1, -0.05) is 87.5 Å². The molecule has 2 aromatic carbocycles. The lowest BCUT2D eigenvalue weighted by atomic mass is 10.2. The van der Waals surface area contributed by atoms with Crippen molar-refractivity contribution in [2.45, 2.75) is 43.6 Å². The number of hydrogen-bond donors (Lipinski definition) is 0. The Hall–Kier alpha value is -1.82. The molecule has 3 rings (SSSR count). The summed E-state index contributed by atoms with van der Waals surface area (Å²) in [6.45, 7) is 6.82. The van der Waals surface area contributed by atoms with Crippen LogP contribution in [0.1, 0.15) is 27.2 Å². The lowest BCUT2D eigenvalue weighted by molar-refractivity contribution is -0.136. The fourth-order valence-corrected chi connectivity index (χ4v) is 10.0. The first-order valence-corrected chi connectivity index (χ1v) is 13.1. The van der Waals surface area contributed by atoms with Crippen LogP contribution >= 0.6 is 11.8 Å². The van der Waals surface area contributed by atoms with Crippen LogP contribution in [0.4, 0.5) is 0 Å².